The molecule has 0 aliphatic heterocycles. The van der Waals surface area contributed by atoms with Crippen LogP contribution in [0, 0.1) is 0 Å². The number of alkyl halides is 3. The van der Waals surface area contributed by atoms with Crippen LogP contribution in [0.25, 0.3) is 0 Å². The molecule has 0 bridgehead atoms. The van der Waals surface area contributed by atoms with Gasteiger partial charge in [-0.3, -0.25) is 0 Å². The van der Waals surface area contributed by atoms with E-state index in [1.54, 1.807) is 13.2 Å². The van der Waals surface area contributed by atoms with Crippen LogP contribution < -0.4 is 5.32 Å². The summed E-state index contributed by atoms with van der Waals surface area (Å²) >= 11 is 0. The van der Waals surface area contributed by atoms with Crippen molar-refractivity contribution in [3.05, 3.63) is 17.7 Å². The van der Waals surface area contributed by atoms with Gasteiger partial charge in [0.2, 0.25) is 0 Å². The van der Waals surface area contributed by atoms with Gasteiger partial charge in [0.05, 0.1) is 6.42 Å². The largest absolute Gasteiger partial charge is 0.389 e. The first-order chi connectivity index (χ1) is 6.51. The van der Waals surface area contributed by atoms with Crippen molar-refractivity contribution in [1.29, 1.82) is 0 Å². The lowest BCUT2D eigenvalue weighted by atomic mass is 10.3. The zero-order chi connectivity index (χ0) is 10.6. The average molecular weight is 207 g/mol. The molecule has 0 fully saturated rings. The standard InChI is InChI=1S/C8H12F3N3/c1-12-4-6-5-13-7(14-6)2-3-8(9,10)11/h5,12H,2-4H2,1H3,(H,13,14). The number of aromatic amines is 1. The number of hydrogen-bond acceptors (Lipinski definition) is 2. The summed E-state index contributed by atoms with van der Waals surface area (Å²) < 4.78 is 35.5. The number of nitrogens with zero attached hydrogens (tertiary/aromatic N) is 1. The second-order valence-corrected chi connectivity index (χ2v) is 3.00. The monoisotopic (exact) mass is 207 g/mol. The lowest BCUT2D eigenvalue weighted by molar-refractivity contribution is -0.134. The van der Waals surface area contributed by atoms with Gasteiger partial charge in [0.15, 0.2) is 0 Å². The summed E-state index contributed by atoms with van der Waals surface area (Å²) in [4.78, 5) is 6.66. The van der Waals surface area contributed by atoms with Crippen LogP contribution in [0.5, 0.6) is 0 Å². The first-order valence-electron chi connectivity index (χ1n) is 4.25. The van der Waals surface area contributed by atoms with Crippen molar-refractivity contribution in [2.75, 3.05) is 7.05 Å². The number of aryl methyl sites for hydroxylation is 1. The fourth-order valence-corrected chi connectivity index (χ4v) is 1.07. The van der Waals surface area contributed by atoms with E-state index < -0.39 is 12.6 Å². The molecule has 0 unspecified atom stereocenters. The van der Waals surface area contributed by atoms with Gasteiger partial charge < -0.3 is 10.3 Å². The number of rotatable bonds is 4. The van der Waals surface area contributed by atoms with Crippen LogP contribution in [-0.2, 0) is 13.0 Å². The lowest BCUT2D eigenvalue weighted by Crippen LogP contribution is -2.09. The zero-order valence-corrected chi connectivity index (χ0v) is 7.78. The number of hydrogen-bond donors (Lipinski definition) is 2. The fraction of sp³-hybridized carbons (Fsp3) is 0.625. The highest BCUT2D eigenvalue weighted by molar-refractivity contribution is 5.01. The van der Waals surface area contributed by atoms with E-state index >= 15 is 0 Å². The van der Waals surface area contributed by atoms with Crippen LogP contribution in [0.4, 0.5) is 13.2 Å². The van der Waals surface area contributed by atoms with Gasteiger partial charge in [-0.2, -0.15) is 13.2 Å². The second-order valence-electron chi connectivity index (χ2n) is 3.00. The van der Waals surface area contributed by atoms with E-state index in [4.69, 9.17) is 0 Å². The predicted octanol–water partition coefficient (Wildman–Crippen LogP) is 1.62. The van der Waals surface area contributed by atoms with Crippen LogP contribution in [0.3, 0.4) is 0 Å². The van der Waals surface area contributed by atoms with Crippen LogP contribution in [0.1, 0.15) is 17.9 Å². The summed E-state index contributed by atoms with van der Waals surface area (Å²) in [6.07, 6.45) is -3.50. The van der Waals surface area contributed by atoms with Gasteiger partial charge in [0.25, 0.3) is 0 Å². The first kappa shape index (κ1) is 11.0. The number of halogens is 3. The Bertz CT molecular complexity index is 280. The molecule has 0 aromatic carbocycles. The van der Waals surface area contributed by atoms with Crippen LogP contribution in [0.15, 0.2) is 6.20 Å². The van der Waals surface area contributed by atoms with E-state index in [-0.39, 0.29) is 6.42 Å². The Balaban J connectivity index is 2.44. The topological polar surface area (TPSA) is 40.7 Å². The summed E-state index contributed by atoms with van der Waals surface area (Å²) in [5.74, 6) is 0.382. The smallest absolute Gasteiger partial charge is 0.345 e. The van der Waals surface area contributed by atoms with Gasteiger partial charge in [-0.1, -0.05) is 0 Å². The minimum absolute atomic E-state index is 0.0901. The van der Waals surface area contributed by atoms with Gasteiger partial charge in [0, 0.05) is 24.9 Å². The normalized spacial score (nSPS) is 12.0. The Morgan fingerprint density at radius 2 is 2.21 bits per heavy atom. The third-order valence-electron chi connectivity index (χ3n) is 1.69. The quantitative estimate of drug-likeness (QED) is 0.787. The molecule has 0 radical (unpaired) electrons. The maximum absolute atomic E-state index is 11.8. The van der Waals surface area contributed by atoms with E-state index in [0.29, 0.717) is 12.4 Å². The molecule has 0 aliphatic carbocycles. The third-order valence-corrected chi connectivity index (χ3v) is 1.69. The Labute approximate surface area is 79.7 Å². The van der Waals surface area contributed by atoms with Crippen molar-refractivity contribution in [3.63, 3.8) is 0 Å². The van der Waals surface area contributed by atoms with Gasteiger partial charge >= 0.3 is 6.18 Å². The summed E-state index contributed by atoms with van der Waals surface area (Å²) in [5.41, 5.74) is 0.796. The molecule has 1 rings (SSSR count). The Morgan fingerprint density at radius 3 is 2.79 bits per heavy atom. The molecule has 14 heavy (non-hydrogen) atoms. The van der Waals surface area contributed by atoms with Crippen molar-refractivity contribution < 1.29 is 13.2 Å². The number of aromatic nitrogens is 2. The predicted molar refractivity (Wildman–Crippen MR) is 45.7 cm³/mol. The molecule has 0 aliphatic rings. The molecule has 0 amide bonds. The minimum Gasteiger partial charge on any atom is -0.345 e. The van der Waals surface area contributed by atoms with Crippen molar-refractivity contribution in [1.82, 2.24) is 15.3 Å². The second kappa shape index (κ2) is 4.45. The summed E-state index contributed by atoms with van der Waals surface area (Å²) in [6, 6.07) is 0. The van der Waals surface area contributed by atoms with Gasteiger partial charge in [0.1, 0.15) is 5.82 Å². The Morgan fingerprint density at radius 1 is 1.50 bits per heavy atom. The molecule has 0 spiro atoms. The summed E-state index contributed by atoms with van der Waals surface area (Å²) in [6.45, 7) is 0.582. The maximum atomic E-state index is 11.8. The summed E-state index contributed by atoms with van der Waals surface area (Å²) in [5, 5.41) is 2.88. The molecule has 0 saturated heterocycles. The van der Waals surface area contributed by atoms with Crippen LogP contribution >= 0.6 is 0 Å². The summed E-state index contributed by atoms with van der Waals surface area (Å²) in [7, 11) is 1.76. The van der Waals surface area contributed by atoms with Gasteiger partial charge in [-0.05, 0) is 7.05 Å². The first-order valence-corrected chi connectivity index (χ1v) is 4.25. The molecule has 1 aromatic heterocycles. The highest BCUT2D eigenvalue weighted by Gasteiger charge is 2.26. The average Bonchev–Trinajstić information content (AvgIpc) is 2.49. The van der Waals surface area contributed by atoms with Crippen molar-refractivity contribution in [3.8, 4) is 0 Å². The number of H-pyrrole nitrogens is 1. The lowest BCUT2D eigenvalue weighted by Gasteiger charge is -2.03. The van der Waals surface area contributed by atoms with E-state index in [1.165, 1.54) is 0 Å². The molecule has 3 nitrogen and oxygen atoms in total. The molecule has 2 N–H and O–H groups in total. The molecule has 0 atom stereocenters. The number of nitrogens with one attached hydrogen (secondary N) is 2. The fourth-order valence-electron chi connectivity index (χ4n) is 1.07. The SMILES string of the molecule is CNCc1cnc(CCC(F)(F)F)[nH]1. The molecular formula is C8H12F3N3. The minimum atomic E-state index is -4.12. The Hall–Kier alpha value is -1.04. The molecule has 6 heteroatoms. The van der Waals surface area contributed by atoms with Crippen molar-refractivity contribution >= 4 is 0 Å². The van der Waals surface area contributed by atoms with Crippen molar-refractivity contribution in [2.45, 2.75) is 25.6 Å². The number of imidazole rings is 1. The maximum Gasteiger partial charge on any atom is 0.389 e. The van der Waals surface area contributed by atoms with E-state index in [0.717, 1.165) is 5.69 Å². The molecule has 80 valence electrons. The van der Waals surface area contributed by atoms with E-state index in [1.807, 2.05) is 0 Å². The third kappa shape index (κ3) is 3.78. The molecule has 1 heterocycles. The van der Waals surface area contributed by atoms with Gasteiger partial charge in [-0.15, -0.1) is 0 Å². The van der Waals surface area contributed by atoms with Crippen LogP contribution in [-0.4, -0.2) is 23.2 Å². The highest BCUT2D eigenvalue weighted by Crippen LogP contribution is 2.21. The molecular weight excluding hydrogens is 195 g/mol. The van der Waals surface area contributed by atoms with Gasteiger partial charge in [-0.25, -0.2) is 4.98 Å². The van der Waals surface area contributed by atoms with E-state index in [9.17, 15) is 13.2 Å². The molecule has 1 aromatic rings. The van der Waals surface area contributed by atoms with Crippen LogP contribution in [0.2, 0.25) is 0 Å². The Kier molecular flexibility index (Phi) is 3.51. The van der Waals surface area contributed by atoms with E-state index in [2.05, 4.69) is 15.3 Å². The molecule has 0 saturated carbocycles. The highest BCUT2D eigenvalue weighted by atomic mass is 19.4. The van der Waals surface area contributed by atoms with Crippen molar-refractivity contribution in [2.24, 2.45) is 0 Å². The zero-order valence-electron chi connectivity index (χ0n) is 7.78.